The van der Waals surface area contributed by atoms with Gasteiger partial charge in [-0.1, -0.05) is 68.8 Å². The molecule has 0 radical (unpaired) electrons. The summed E-state index contributed by atoms with van der Waals surface area (Å²) in [6, 6.07) is 14.6. The zero-order valence-electron chi connectivity index (χ0n) is 41.6. The number of rotatable bonds is 9. The van der Waals surface area contributed by atoms with Gasteiger partial charge in [0.05, 0.1) is 56.2 Å². The van der Waals surface area contributed by atoms with Gasteiger partial charge >= 0.3 is 127 Å². The third-order valence-corrected chi connectivity index (χ3v) is 16.8. The van der Waals surface area contributed by atoms with Crippen molar-refractivity contribution >= 4 is 101 Å². The van der Waals surface area contributed by atoms with Gasteiger partial charge in [-0.2, -0.15) is 43.9 Å². The predicted molar refractivity (Wildman–Crippen MR) is 258 cm³/mol. The number of aryl methyl sites for hydroxylation is 2. The minimum Gasteiger partial charge on any atom is -1.00 e. The first-order valence-electron chi connectivity index (χ1n) is 21.3. The molecule has 16 nitrogen and oxygen atoms in total. The third-order valence-electron chi connectivity index (χ3n) is 11.7. The summed E-state index contributed by atoms with van der Waals surface area (Å²) in [6.07, 6.45) is -16.2. The number of carbonyl (C=O) groups excluding carboxylic acids is 4. The first kappa shape index (κ1) is 68.1. The van der Waals surface area contributed by atoms with E-state index in [0.29, 0.717) is 22.3 Å². The average Bonchev–Trinajstić information content (AvgIpc) is 3.96. The first-order valence-corrected chi connectivity index (χ1v) is 26.6. The molecule has 33 heteroatoms. The van der Waals surface area contributed by atoms with Crippen molar-refractivity contribution < 1.29 is 191 Å². The van der Waals surface area contributed by atoms with Gasteiger partial charge in [0.15, 0.2) is 0 Å². The zero-order valence-corrected chi connectivity index (χ0v) is 51.5. The van der Waals surface area contributed by atoms with Crippen LogP contribution in [0.15, 0.2) is 87.5 Å². The Kier molecular flexibility index (Phi) is 23.1. The van der Waals surface area contributed by atoms with Crippen molar-refractivity contribution in [2.75, 3.05) is 23.0 Å². The van der Waals surface area contributed by atoms with Crippen LogP contribution in [0.5, 0.6) is 0 Å². The van der Waals surface area contributed by atoms with Crippen molar-refractivity contribution in [2.24, 2.45) is 14.7 Å². The van der Waals surface area contributed by atoms with Gasteiger partial charge in [-0.15, -0.1) is 0 Å². The van der Waals surface area contributed by atoms with E-state index in [1.807, 2.05) is 0 Å². The van der Waals surface area contributed by atoms with Crippen LogP contribution in [0.2, 0.25) is 20.1 Å². The summed E-state index contributed by atoms with van der Waals surface area (Å²) in [5.74, 6) is -4.15. The van der Waals surface area contributed by atoms with Crippen LogP contribution >= 0.6 is 46.4 Å². The van der Waals surface area contributed by atoms with Crippen molar-refractivity contribution in [1.82, 2.24) is 10.6 Å². The van der Waals surface area contributed by atoms with Crippen LogP contribution in [-0.4, -0.2) is 97.7 Å². The first-order chi connectivity index (χ1) is 35.1. The number of benzene rings is 4. The molecule has 8 rings (SSSR count). The van der Waals surface area contributed by atoms with Crippen molar-refractivity contribution in [3.63, 3.8) is 0 Å². The van der Waals surface area contributed by atoms with E-state index >= 15 is 0 Å². The standard InChI is InChI=1S/C23H17Cl2F6N3O4S.C21H18Cl2F3N3O3S.CH2O3.2K.H/c1-11-4-12(18-8-21(38-33-18,23(29,30)31)13-5-14(24)7-15(25)6-13)2-3-17(11)19(35)32-16-9-39(37,10-16)34-20(36)22(26,27)28;1-11-4-12(2-3-17(11)19(30)28-16-9-33(27,31)10-16)18-8-20(32-29-18,21(24,25)26)13-5-14(22)7-15(23)6-13;2-1-4-3;;;/h2-7,16H,8-10H2,1H3,(H,32,35);2-7,16,27H,8-10H2,1H3,(H,28,30);1,3H;;;/q;;;2*+1;-1/p-1. The number of hydrogen-bond acceptors (Lipinski definition) is 13. The molecular weight excluding hydrogens is 1240 g/mol. The summed E-state index contributed by atoms with van der Waals surface area (Å²) in [5, 5.41) is 21.1. The van der Waals surface area contributed by atoms with Crippen LogP contribution in [0.25, 0.3) is 0 Å². The SMILES string of the molecule is Cc1cc(C2=NOC(c3cc(Cl)cc(Cl)c3)(C(F)(F)F)C2)ccc1C(=O)NC1CS(=N)(=O)C1.Cc1cc(C2=NOC(c3cc(Cl)cc(Cl)c3)(C(F)(F)F)C2)ccc1C(=O)NC1CS(=O)(=NC(=O)C(F)(F)F)C1.O=CO[O-].[H-].[K+].[K+]. The predicted octanol–water partition coefficient (Wildman–Crippen LogP) is 3.15. The molecule has 2 atom stereocenters. The van der Waals surface area contributed by atoms with E-state index in [1.54, 1.807) is 13.0 Å². The van der Waals surface area contributed by atoms with E-state index in [0.717, 1.165) is 24.3 Å². The van der Waals surface area contributed by atoms with E-state index in [2.05, 4.69) is 30.2 Å². The normalized spacial score (nSPS) is 24.1. The van der Waals surface area contributed by atoms with Gasteiger partial charge in [-0.05, 0) is 96.8 Å². The molecule has 4 aliphatic heterocycles. The molecule has 4 aromatic rings. The monoisotopic (exact) mass is 1270 g/mol. The van der Waals surface area contributed by atoms with Crippen LogP contribution in [0, 0.1) is 18.6 Å². The Morgan fingerprint density at radius 1 is 0.692 bits per heavy atom. The van der Waals surface area contributed by atoms with Crippen LogP contribution in [-0.2, 0) is 54.8 Å². The molecule has 0 saturated carbocycles. The Morgan fingerprint density at radius 2 is 1.04 bits per heavy atom. The van der Waals surface area contributed by atoms with Gasteiger partial charge < -0.3 is 31.9 Å². The van der Waals surface area contributed by atoms with Crippen LogP contribution in [0.4, 0.5) is 39.5 Å². The topological polar surface area (TPSA) is 238 Å². The maximum atomic E-state index is 14.2. The van der Waals surface area contributed by atoms with Crippen molar-refractivity contribution in [2.45, 2.75) is 68.5 Å². The van der Waals surface area contributed by atoms with Gasteiger partial charge in [0.25, 0.3) is 29.5 Å². The molecule has 4 aromatic carbocycles. The molecule has 0 spiro atoms. The molecule has 4 heterocycles. The second kappa shape index (κ2) is 26.4. The third kappa shape index (κ3) is 16.0. The minimum absolute atomic E-state index is 0. The number of amides is 3. The molecule has 3 amide bonds. The smallest absolute Gasteiger partial charge is 1.00 e. The molecule has 2 saturated heterocycles. The Labute approximate surface area is 544 Å². The van der Waals surface area contributed by atoms with Gasteiger partial charge in [0, 0.05) is 64.9 Å². The Morgan fingerprint density at radius 3 is 1.33 bits per heavy atom. The summed E-state index contributed by atoms with van der Waals surface area (Å²) in [6.45, 7) is 2.99. The Bertz CT molecular complexity index is 3260. The van der Waals surface area contributed by atoms with E-state index in [-0.39, 0.29) is 182 Å². The fourth-order valence-electron chi connectivity index (χ4n) is 8.04. The second-order valence-electron chi connectivity index (χ2n) is 17.3. The van der Waals surface area contributed by atoms with Crippen molar-refractivity contribution in [1.29, 1.82) is 4.78 Å². The summed E-state index contributed by atoms with van der Waals surface area (Å²) in [7, 11) is -6.02. The Hall–Kier alpha value is -2.44. The van der Waals surface area contributed by atoms with Gasteiger partial charge in [0.2, 0.25) is 0 Å². The summed E-state index contributed by atoms with van der Waals surface area (Å²) >= 11 is 23.6. The zero-order chi connectivity index (χ0) is 56.6. The molecule has 2 fully saturated rings. The fourth-order valence-corrected chi connectivity index (χ4v) is 12.3. The number of carbonyl (C=O) groups is 4. The van der Waals surface area contributed by atoms with E-state index < -0.39 is 97.3 Å². The summed E-state index contributed by atoms with van der Waals surface area (Å²) < 4.78 is 156. The molecule has 0 aliphatic carbocycles. The van der Waals surface area contributed by atoms with Crippen LogP contribution < -0.4 is 119 Å². The largest absolute Gasteiger partial charge is 1.00 e. The average molecular weight is 1280 g/mol. The number of nitrogens with one attached hydrogen (secondary N) is 3. The van der Waals surface area contributed by atoms with Crippen LogP contribution in [0.1, 0.15) is 68.4 Å². The molecule has 0 bridgehead atoms. The van der Waals surface area contributed by atoms with Crippen molar-refractivity contribution in [3.05, 3.63) is 137 Å². The van der Waals surface area contributed by atoms with E-state index in [9.17, 15) is 62.3 Å². The maximum Gasteiger partial charge on any atom is 1.00 e. The number of oxime groups is 2. The Balaban J connectivity index is 0.000000379. The number of nitrogens with zero attached hydrogens (tertiary/aromatic N) is 3. The maximum absolute atomic E-state index is 14.2. The van der Waals surface area contributed by atoms with E-state index in [4.69, 9.17) is 70.9 Å². The molecule has 0 aromatic heterocycles. The quantitative estimate of drug-likeness (QED) is 0.0728. The molecule has 3 N–H and O–H groups in total. The van der Waals surface area contributed by atoms with Gasteiger partial charge in [-0.3, -0.25) is 24.0 Å². The van der Waals surface area contributed by atoms with Gasteiger partial charge in [0.1, 0.15) is 0 Å². The number of hydrogen-bond donors (Lipinski definition) is 3. The van der Waals surface area contributed by atoms with Gasteiger partial charge in [-0.25, -0.2) is 8.42 Å². The molecule has 2 unspecified atom stereocenters. The van der Waals surface area contributed by atoms with E-state index in [1.165, 1.54) is 49.4 Å². The van der Waals surface area contributed by atoms with Crippen molar-refractivity contribution in [3.8, 4) is 0 Å². The summed E-state index contributed by atoms with van der Waals surface area (Å²) in [5.41, 5.74) is -4.22. The number of halogens is 13. The number of alkyl halides is 9. The molecular formula is C45H37Cl4F9K2N6O10S2. The molecule has 412 valence electrons. The second-order valence-corrected chi connectivity index (χ2v) is 23.7. The van der Waals surface area contributed by atoms with Crippen LogP contribution in [0.3, 0.4) is 0 Å². The molecule has 78 heavy (non-hydrogen) atoms. The minimum atomic E-state index is -5.24. The molecule has 4 aliphatic rings. The summed E-state index contributed by atoms with van der Waals surface area (Å²) in [4.78, 5) is 57.3. The fraction of sp³-hybridized carbons (Fsp3) is 0.333.